The molecule has 0 radical (unpaired) electrons. The van der Waals surface area contributed by atoms with Gasteiger partial charge in [-0.05, 0) is 25.0 Å². The van der Waals surface area contributed by atoms with Gasteiger partial charge in [-0.2, -0.15) is 0 Å². The number of halogens is 1. The predicted octanol–water partition coefficient (Wildman–Crippen LogP) is 1.34. The number of nitrogens with zero attached hydrogens (tertiary/aromatic N) is 2. The van der Waals surface area contributed by atoms with Gasteiger partial charge in [0.1, 0.15) is 11.9 Å². The van der Waals surface area contributed by atoms with Crippen LogP contribution in [0.1, 0.15) is 24.7 Å². The summed E-state index contributed by atoms with van der Waals surface area (Å²) in [5.41, 5.74) is 5.79. The fraction of sp³-hybridized carbons (Fsp3) is 0.545. The van der Waals surface area contributed by atoms with Crippen molar-refractivity contribution in [3.63, 3.8) is 0 Å². The van der Waals surface area contributed by atoms with Gasteiger partial charge in [-0.1, -0.05) is 0 Å². The van der Waals surface area contributed by atoms with Crippen LogP contribution < -0.4 is 5.73 Å². The summed E-state index contributed by atoms with van der Waals surface area (Å²) in [6.45, 7) is 0.233. The Morgan fingerprint density at radius 3 is 2.94 bits per heavy atom. The maximum atomic E-state index is 9.72. The lowest BCUT2D eigenvalue weighted by molar-refractivity contribution is 0.158. The third-order valence-electron chi connectivity index (χ3n) is 2.75. The molecule has 1 heterocycles. The Balaban J connectivity index is 0.00000144. The molecule has 2 rings (SSSR count). The zero-order chi connectivity index (χ0) is 11.5. The first-order valence-electron chi connectivity index (χ1n) is 5.42. The standard InChI is InChI=1S/C11H17N3O2.HI/c1-14(8-4-5-8)11(12)13-7-9(15)10-3-2-6-16-10;/h2-3,6,8-9,15H,4-5,7H2,1H3,(H2,12,13);1H. The minimum atomic E-state index is -0.721. The molecule has 0 aliphatic heterocycles. The summed E-state index contributed by atoms with van der Waals surface area (Å²) >= 11 is 0. The summed E-state index contributed by atoms with van der Waals surface area (Å²) in [5.74, 6) is 0.999. The number of hydrogen-bond acceptors (Lipinski definition) is 3. The Hall–Kier alpha value is -0.760. The number of guanidine groups is 1. The predicted molar refractivity (Wildman–Crippen MR) is 76.4 cm³/mol. The van der Waals surface area contributed by atoms with Crippen molar-refractivity contribution in [2.75, 3.05) is 13.6 Å². The smallest absolute Gasteiger partial charge is 0.191 e. The van der Waals surface area contributed by atoms with Crippen LogP contribution >= 0.6 is 24.0 Å². The van der Waals surface area contributed by atoms with Gasteiger partial charge in [0.05, 0.1) is 12.8 Å². The Morgan fingerprint density at radius 2 is 2.41 bits per heavy atom. The summed E-state index contributed by atoms with van der Waals surface area (Å²) in [4.78, 5) is 6.10. The van der Waals surface area contributed by atoms with E-state index in [9.17, 15) is 5.11 Å². The van der Waals surface area contributed by atoms with Crippen molar-refractivity contribution in [3.8, 4) is 0 Å². The highest BCUT2D eigenvalue weighted by atomic mass is 127. The van der Waals surface area contributed by atoms with Crippen molar-refractivity contribution < 1.29 is 9.52 Å². The molecule has 0 spiro atoms. The summed E-state index contributed by atoms with van der Waals surface area (Å²) in [5, 5.41) is 9.72. The Kier molecular flexibility index (Phi) is 5.26. The van der Waals surface area contributed by atoms with Crippen LogP contribution in [0.4, 0.5) is 0 Å². The lowest BCUT2D eigenvalue weighted by atomic mass is 10.3. The molecule has 1 aliphatic rings. The second-order valence-corrected chi connectivity index (χ2v) is 4.07. The lowest BCUT2D eigenvalue weighted by Crippen LogP contribution is -2.36. The van der Waals surface area contributed by atoms with Crippen molar-refractivity contribution in [2.45, 2.75) is 25.0 Å². The molecule has 6 heteroatoms. The highest BCUT2D eigenvalue weighted by molar-refractivity contribution is 14.0. The fourth-order valence-electron chi connectivity index (χ4n) is 1.51. The van der Waals surface area contributed by atoms with E-state index in [-0.39, 0.29) is 30.5 Å². The Bertz CT molecular complexity index is 363. The summed E-state index contributed by atoms with van der Waals surface area (Å²) in [6, 6.07) is 3.99. The van der Waals surface area contributed by atoms with Gasteiger partial charge in [0.15, 0.2) is 5.96 Å². The van der Waals surface area contributed by atoms with E-state index in [1.54, 1.807) is 12.1 Å². The molecule has 1 fully saturated rings. The zero-order valence-corrected chi connectivity index (χ0v) is 12.1. The fourth-order valence-corrected chi connectivity index (χ4v) is 1.51. The number of nitrogens with two attached hydrogens (primary N) is 1. The molecule has 1 saturated carbocycles. The molecule has 96 valence electrons. The second kappa shape index (κ2) is 6.25. The van der Waals surface area contributed by atoms with E-state index in [4.69, 9.17) is 10.2 Å². The van der Waals surface area contributed by atoms with Crippen LogP contribution in [0.25, 0.3) is 0 Å². The van der Waals surface area contributed by atoms with E-state index in [1.807, 2.05) is 11.9 Å². The van der Waals surface area contributed by atoms with E-state index < -0.39 is 6.10 Å². The number of rotatable bonds is 4. The molecule has 1 unspecified atom stereocenters. The van der Waals surface area contributed by atoms with Gasteiger partial charge in [-0.3, -0.25) is 4.99 Å². The van der Waals surface area contributed by atoms with E-state index in [2.05, 4.69) is 4.99 Å². The molecule has 3 N–H and O–H groups in total. The molecular weight excluding hydrogens is 333 g/mol. The second-order valence-electron chi connectivity index (χ2n) is 4.07. The zero-order valence-electron chi connectivity index (χ0n) is 9.74. The third-order valence-corrected chi connectivity index (χ3v) is 2.75. The molecule has 5 nitrogen and oxygen atoms in total. The number of aliphatic hydroxyl groups is 1. The largest absolute Gasteiger partial charge is 0.467 e. The highest BCUT2D eigenvalue weighted by Gasteiger charge is 2.27. The maximum absolute atomic E-state index is 9.72. The van der Waals surface area contributed by atoms with Gasteiger partial charge in [0.25, 0.3) is 0 Å². The average Bonchev–Trinajstić information content (AvgIpc) is 2.99. The van der Waals surface area contributed by atoms with Crippen LogP contribution in [-0.4, -0.2) is 35.6 Å². The summed E-state index contributed by atoms with van der Waals surface area (Å²) in [6.07, 6.45) is 3.16. The lowest BCUT2D eigenvalue weighted by Gasteiger charge is -2.17. The van der Waals surface area contributed by atoms with Crippen LogP contribution in [0, 0.1) is 0 Å². The van der Waals surface area contributed by atoms with Crippen molar-refractivity contribution in [2.24, 2.45) is 10.7 Å². The topological polar surface area (TPSA) is 75.0 Å². The van der Waals surface area contributed by atoms with Gasteiger partial charge in [-0.15, -0.1) is 24.0 Å². The molecule has 0 amide bonds. The first-order chi connectivity index (χ1) is 7.68. The van der Waals surface area contributed by atoms with Gasteiger partial charge in [0, 0.05) is 13.1 Å². The van der Waals surface area contributed by atoms with Crippen LogP contribution in [0.5, 0.6) is 0 Å². The molecule has 1 aromatic rings. The van der Waals surface area contributed by atoms with Crippen LogP contribution in [0.15, 0.2) is 27.8 Å². The quantitative estimate of drug-likeness (QED) is 0.488. The van der Waals surface area contributed by atoms with Crippen molar-refractivity contribution in [1.29, 1.82) is 0 Å². The number of aliphatic imine (C=N–C) groups is 1. The average molecular weight is 351 g/mol. The molecular formula is C11H18IN3O2. The van der Waals surface area contributed by atoms with Crippen molar-refractivity contribution in [3.05, 3.63) is 24.2 Å². The first kappa shape index (κ1) is 14.3. The van der Waals surface area contributed by atoms with E-state index >= 15 is 0 Å². The van der Waals surface area contributed by atoms with Crippen LogP contribution in [0.2, 0.25) is 0 Å². The van der Waals surface area contributed by atoms with E-state index in [0.717, 1.165) is 0 Å². The Labute approximate surface area is 118 Å². The van der Waals surface area contributed by atoms with Gasteiger partial charge >= 0.3 is 0 Å². The monoisotopic (exact) mass is 351 g/mol. The number of furan rings is 1. The normalized spacial score (nSPS) is 17.4. The maximum Gasteiger partial charge on any atom is 0.191 e. The molecule has 1 atom stereocenters. The highest BCUT2D eigenvalue weighted by Crippen LogP contribution is 2.25. The molecule has 1 aliphatic carbocycles. The van der Waals surface area contributed by atoms with Gasteiger partial charge in [-0.25, -0.2) is 0 Å². The van der Waals surface area contributed by atoms with E-state index in [1.165, 1.54) is 19.1 Å². The molecule has 1 aromatic heterocycles. The summed E-state index contributed by atoms with van der Waals surface area (Å²) in [7, 11) is 1.93. The van der Waals surface area contributed by atoms with Gasteiger partial charge in [0.2, 0.25) is 0 Å². The molecule has 17 heavy (non-hydrogen) atoms. The first-order valence-corrected chi connectivity index (χ1v) is 5.42. The van der Waals surface area contributed by atoms with Crippen LogP contribution in [0.3, 0.4) is 0 Å². The molecule has 0 aromatic carbocycles. The SMILES string of the molecule is CN(C(N)=NCC(O)c1ccco1)C1CC1.I. The van der Waals surface area contributed by atoms with Crippen molar-refractivity contribution in [1.82, 2.24) is 4.90 Å². The third kappa shape index (κ3) is 3.88. The Morgan fingerprint density at radius 1 is 1.71 bits per heavy atom. The molecule has 0 saturated heterocycles. The molecule has 0 bridgehead atoms. The minimum Gasteiger partial charge on any atom is -0.467 e. The number of hydrogen-bond donors (Lipinski definition) is 2. The minimum absolute atomic E-state index is 0. The van der Waals surface area contributed by atoms with Crippen molar-refractivity contribution >= 4 is 29.9 Å². The van der Waals surface area contributed by atoms with Gasteiger partial charge < -0.3 is 20.2 Å². The van der Waals surface area contributed by atoms with E-state index in [0.29, 0.717) is 17.8 Å². The van der Waals surface area contributed by atoms with Crippen LogP contribution in [-0.2, 0) is 0 Å². The number of aliphatic hydroxyl groups excluding tert-OH is 1. The summed E-state index contributed by atoms with van der Waals surface area (Å²) < 4.78 is 5.07.